The fourth-order valence-electron chi connectivity index (χ4n) is 4.14. The van der Waals surface area contributed by atoms with Crippen LogP contribution in [0.25, 0.3) is 11.4 Å². The Morgan fingerprint density at radius 3 is 1.24 bits per heavy atom. The van der Waals surface area contributed by atoms with Gasteiger partial charge < -0.3 is 19.8 Å². The van der Waals surface area contributed by atoms with E-state index >= 15 is 0 Å². The molecule has 10 heteroatoms. The SMILES string of the molecule is O=C(Nc1ccc(-n2ccnc2)cc1)c1ccc(N=Nc2ccc(C(=O)Nc3ccc(-n4ccnc4)cc3)cc2)cc1. The van der Waals surface area contributed by atoms with Gasteiger partial charge in [0.25, 0.3) is 11.8 Å². The van der Waals surface area contributed by atoms with Gasteiger partial charge in [-0.05, 0) is 97.1 Å². The molecule has 0 saturated heterocycles. The number of amides is 2. The molecular formula is C32H24N8O2. The number of anilines is 2. The van der Waals surface area contributed by atoms with E-state index in [1.165, 1.54) is 0 Å². The van der Waals surface area contributed by atoms with Gasteiger partial charge in [-0.3, -0.25) is 9.59 Å². The summed E-state index contributed by atoms with van der Waals surface area (Å²) in [6.07, 6.45) is 10.6. The number of azo groups is 1. The highest BCUT2D eigenvalue weighted by molar-refractivity contribution is 6.05. The van der Waals surface area contributed by atoms with Crippen molar-refractivity contribution in [1.29, 1.82) is 0 Å². The van der Waals surface area contributed by atoms with E-state index in [9.17, 15) is 9.59 Å². The Labute approximate surface area is 241 Å². The molecule has 42 heavy (non-hydrogen) atoms. The Morgan fingerprint density at radius 2 is 0.905 bits per heavy atom. The summed E-state index contributed by atoms with van der Waals surface area (Å²) in [6, 6.07) is 28.6. The topological polar surface area (TPSA) is 119 Å². The zero-order valence-corrected chi connectivity index (χ0v) is 22.2. The van der Waals surface area contributed by atoms with Crippen molar-refractivity contribution in [2.24, 2.45) is 10.2 Å². The Balaban J connectivity index is 1.02. The molecule has 0 atom stereocenters. The van der Waals surface area contributed by atoms with Crippen molar-refractivity contribution in [3.05, 3.63) is 146 Å². The summed E-state index contributed by atoms with van der Waals surface area (Å²) in [5.74, 6) is -0.450. The van der Waals surface area contributed by atoms with Crippen LogP contribution in [0.15, 0.2) is 145 Å². The number of carbonyl (C=O) groups is 2. The molecule has 0 radical (unpaired) electrons. The van der Waals surface area contributed by atoms with Crippen molar-refractivity contribution in [2.75, 3.05) is 10.6 Å². The number of rotatable bonds is 8. The van der Waals surface area contributed by atoms with Crippen LogP contribution < -0.4 is 10.6 Å². The molecule has 6 rings (SSSR count). The van der Waals surface area contributed by atoms with E-state index in [1.54, 1.807) is 73.6 Å². The zero-order valence-electron chi connectivity index (χ0n) is 22.2. The largest absolute Gasteiger partial charge is 0.322 e. The predicted molar refractivity (Wildman–Crippen MR) is 160 cm³/mol. The summed E-state index contributed by atoms with van der Waals surface area (Å²) < 4.78 is 3.77. The van der Waals surface area contributed by atoms with Crippen molar-refractivity contribution < 1.29 is 9.59 Å². The standard InChI is InChI=1S/C32H24N8O2/c41-31(35-25-9-13-29(14-10-25)39-19-17-33-21-39)23-1-5-27(6-2-23)37-38-28-7-3-24(4-8-28)32(42)36-26-11-15-30(16-12-26)40-20-18-34-22-40/h1-22H,(H,35,41)(H,36,42). The molecule has 6 aromatic rings. The maximum atomic E-state index is 12.7. The first-order valence-electron chi connectivity index (χ1n) is 13.0. The van der Waals surface area contributed by atoms with Crippen molar-refractivity contribution in [2.45, 2.75) is 0 Å². The van der Waals surface area contributed by atoms with Crippen LogP contribution in [0.5, 0.6) is 0 Å². The molecule has 2 amide bonds. The maximum absolute atomic E-state index is 12.7. The highest BCUT2D eigenvalue weighted by Crippen LogP contribution is 2.21. The van der Waals surface area contributed by atoms with E-state index < -0.39 is 0 Å². The second-order valence-electron chi connectivity index (χ2n) is 9.24. The van der Waals surface area contributed by atoms with Crippen molar-refractivity contribution in [3.63, 3.8) is 0 Å². The summed E-state index contributed by atoms with van der Waals surface area (Å²) in [5.41, 5.74) is 5.46. The molecule has 4 aromatic carbocycles. The number of benzene rings is 4. The van der Waals surface area contributed by atoms with Gasteiger partial charge in [0.05, 0.1) is 24.0 Å². The third-order valence-corrected chi connectivity index (χ3v) is 6.40. The quantitative estimate of drug-likeness (QED) is 0.198. The second-order valence-corrected chi connectivity index (χ2v) is 9.24. The molecule has 0 unspecified atom stereocenters. The molecule has 0 saturated carbocycles. The molecule has 204 valence electrons. The molecule has 0 aliphatic rings. The summed E-state index contributed by atoms with van der Waals surface area (Å²) in [5, 5.41) is 14.3. The summed E-state index contributed by atoms with van der Waals surface area (Å²) in [7, 11) is 0. The molecule has 0 fully saturated rings. The monoisotopic (exact) mass is 552 g/mol. The lowest BCUT2D eigenvalue weighted by Crippen LogP contribution is -2.11. The van der Waals surface area contributed by atoms with E-state index in [-0.39, 0.29) is 11.8 Å². The van der Waals surface area contributed by atoms with Crippen LogP contribution in [-0.4, -0.2) is 30.9 Å². The van der Waals surface area contributed by atoms with Gasteiger partial charge in [-0.1, -0.05) is 0 Å². The molecule has 0 spiro atoms. The van der Waals surface area contributed by atoms with Crippen LogP contribution in [0.1, 0.15) is 20.7 Å². The molecule has 0 bridgehead atoms. The number of hydrogen-bond donors (Lipinski definition) is 2. The number of hydrogen-bond acceptors (Lipinski definition) is 6. The van der Waals surface area contributed by atoms with Gasteiger partial charge >= 0.3 is 0 Å². The van der Waals surface area contributed by atoms with E-state index in [2.05, 4.69) is 30.8 Å². The van der Waals surface area contributed by atoms with Crippen LogP contribution in [0, 0.1) is 0 Å². The Hall–Kier alpha value is -6.16. The van der Waals surface area contributed by atoms with E-state index in [0.29, 0.717) is 33.9 Å². The second kappa shape index (κ2) is 11.9. The number of imidazole rings is 2. The molecule has 2 N–H and O–H groups in total. The van der Waals surface area contributed by atoms with Gasteiger partial charge in [-0.25, -0.2) is 9.97 Å². The maximum Gasteiger partial charge on any atom is 0.255 e. The molecule has 2 aromatic heterocycles. The first kappa shape index (κ1) is 26.1. The predicted octanol–water partition coefficient (Wildman–Crippen LogP) is 6.98. The zero-order chi connectivity index (χ0) is 28.7. The molecular weight excluding hydrogens is 528 g/mol. The summed E-state index contributed by atoms with van der Waals surface area (Å²) >= 11 is 0. The highest BCUT2D eigenvalue weighted by atomic mass is 16.2. The Morgan fingerprint density at radius 1 is 0.524 bits per heavy atom. The third kappa shape index (κ3) is 6.18. The summed E-state index contributed by atoms with van der Waals surface area (Å²) in [6.45, 7) is 0. The van der Waals surface area contributed by atoms with Gasteiger partial charge in [-0.2, -0.15) is 10.2 Å². The third-order valence-electron chi connectivity index (χ3n) is 6.40. The average Bonchev–Trinajstić information content (AvgIpc) is 3.77. The lowest BCUT2D eigenvalue weighted by molar-refractivity contribution is 0.101. The van der Waals surface area contributed by atoms with E-state index in [0.717, 1.165) is 11.4 Å². The van der Waals surface area contributed by atoms with E-state index in [4.69, 9.17) is 0 Å². The minimum absolute atomic E-state index is 0.225. The molecule has 2 heterocycles. The van der Waals surface area contributed by atoms with Crippen LogP contribution >= 0.6 is 0 Å². The average molecular weight is 553 g/mol. The normalized spacial score (nSPS) is 11.0. The first-order chi connectivity index (χ1) is 20.6. The van der Waals surface area contributed by atoms with Gasteiger partial charge in [0.2, 0.25) is 0 Å². The number of nitrogens with zero attached hydrogens (tertiary/aromatic N) is 6. The minimum Gasteiger partial charge on any atom is -0.322 e. The fraction of sp³-hybridized carbons (Fsp3) is 0. The van der Waals surface area contributed by atoms with Crippen LogP contribution in [0.2, 0.25) is 0 Å². The van der Waals surface area contributed by atoms with Crippen molar-refractivity contribution in [3.8, 4) is 11.4 Å². The summed E-state index contributed by atoms with van der Waals surface area (Å²) in [4.78, 5) is 33.4. The van der Waals surface area contributed by atoms with Gasteiger partial charge in [0.1, 0.15) is 0 Å². The van der Waals surface area contributed by atoms with Gasteiger partial charge in [0, 0.05) is 58.7 Å². The smallest absolute Gasteiger partial charge is 0.255 e. The fourth-order valence-corrected chi connectivity index (χ4v) is 4.14. The van der Waals surface area contributed by atoms with Crippen molar-refractivity contribution >= 4 is 34.6 Å². The molecule has 0 aliphatic heterocycles. The van der Waals surface area contributed by atoms with Crippen LogP contribution in [0.3, 0.4) is 0 Å². The first-order valence-corrected chi connectivity index (χ1v) is 13.0. The number of nitrogens with one attached hydrogen (secondary N) is 2. The Kier molecular flexibility index (Phi) is 7.41. The lowest BCUT2D eigenvalue weighted by atomic mass is 10.2. The Bertz CT molecular complexity index is 1670. The van der Waals surface area contributed by atoms with Gasteiger partial charge in [-0.15, -0.1) is 0 Å². The number of carbonyl (C=O) groups excluding carboxylic acids is 2. The van der Waals surface area contributed by atoms with Crippen LogP contribution in [-0.2, 0) is 0 Å². The molecule has 0 aliphatic carbocycles. The van der Waals surface area contributed by atoms with Crippen molar-refractivity contribution in [1.82, 2.24) is 19.1 Å². The van der Waals surface area contributed by atoms with E-state index in [1.807, 2.05) is 70.1 Å². The minimum atomic E-state index is -0.225. The van der Waals surface area contributed by atoms with Crippen LogP contribution in [0.4, 0.5) is 22.7 Å². The number of aromatic nitrogens is 4. The highest BCUT2D eigenvalue weighted by Gasteiger charge is 2.08. The van der Waals surface area contributed by atoms with Gasteiger partial charge in [0.15, 0.2) is 0 Å². The molecule has 10 nitrogen and oxygen atoms in total. The lowest BCUT2D eigenvalue weighted by Gasteiger charge is -2.07.